The lowest BCUT2D eigenvalue weighted by Crippen LogP contribution is -2.29. The van der Waals surface area contributed by atoms with Gasteiger partial charge in [-0.25, -0.2) is 0 Å². The number of rotatable bonds is 6. The summed E-state index contributed by atoms with van der Waals surface area (Å²) in [6.07, 6.45) is 1.58. The lowest BCUT2D eigenvalue weighted by atomic mass is 9.99. The van der Waals surface area contributed by atoms with Crippen molar-refractivity contribution in [2.75, 3.05) is 26.2 Å². The summed E-state index contributed by atoms with van der Waals surface area (Å²) in [6.45, 7) is 5.19. The standard InChI is InChI=1S/C23H27N5O3/c1-3-18-14(2)21(27-26-18)23(31)28-10-8-15(13-28)20-12-17(22(30)24-9-11-29)16-6-4-5-7-19(16)25-20/h4-7,12,15,29H,3,8-11,13H2,1-2H3,(H,24,30)(H,26,27). The summed E-state index contributed by atoms with van der Waals surface area (Å²) in [5.41, 5.74) is 4.45. The molecule has 8 nitrogen and oxygen atoms in total. The molecule has 1 aliphatic heterocycles. The largest absolute Gasteiger partial charge is 0.395 e. The van der Waals surface area contributed by atoms with Gasteiger partial charge in [0.25, 0.3) is 11.8 Å². The summed E-state index contributed by atoms with van der Waals surface area (Å²) in [5.74, 6) is -0.264. The fourth-order valence-corrected chi connectivity index (χ4v) is 4.18. The SMILES string of the molecule is CCc1[nH]nc(C(=O)N2CCC(c3cc(C(=O)NCCO)c4ccccc4n3)C2)c1C. The number of hydrogen-bond acceptors (Lipinski definition) is 5. The van der Waals surface area contributed by atoms with E-state index in [1.807, 2.05) is 49.1 Å². The molecule has 2 aromatic heterocycles. The second-order valence-electron chi connectivity index (χ2n) is 7.86. The molecule has 1 saturated heterocycles. The third-order valence-electron chi connectivity index (χ3n) is 5.94. The number of aromatic nitrogens is 3. The highest BCUT2D eigenvalue weighted by molar-refractivity contribution is 6.06. The summed E-state index contributed by atoms with van der Waals surface area (Å²) >= 11 is 0. The van der Waals surface area contributed by atoms with Crippen molar-refractivity contribution in [3.05, 3.63) is 58.5 Å². The van der Waals surface area contributed by atoms with Crippen LogP contribution < -0.4 is 5.32 Å². The molecule has 8 heteroatoms. The van der Waals surface area contributed by atoms with Gasteiger partial charge in [-0.3, -0.25) is 19.7 Å². The van der Waals surface area contributed by atoms with Crippen LogP contribution in [0.1, 0.15) is 57.1 Å². The molecule has 31 heavy (non-hydrogen) atoms. The smallest absolute Gasteiger partial charge is 0.274 e. The van der Waals surface area contributed by atoms with Gasteiger partial charge < -0.3 is 15.3 Å². The number of H-pyrrole nitrogens is 1. The van der Waals surface area contributed by atoms with Crippen LogP contribution in [0.5, 0.6) is 0 Å². The van der Waals surface area contributed by atoms with Gasteiger partial charge in [-0.1, -0.05) is 25.1 Å². The first-order valence-corrected chi connectivity index (χ1v) is 10.6. The Hall–Kier alpha value is -3.26. The number of para-hydroxylation sites is 1. The first-order valence-electron chi connectivity index (χ1n) is 10.6. The normalized spacial score (nSPS) is 16.1. The van der Waals surface area contributed by atoms with Crippen LogP contribution in [0.4, 0.5) is 0 Å². The number of aromatic amines is 1. The summed E-state index contributed by atoms with van der Waals surface area (Å²) in [5, 5.41) is 19.7. The number of aliphatic hydroxyl groups excluding tert-OH is 1. The Balaban J connectivity index is 1.60. The van der Waals surface area contributed by atoms with Crippen molar-refractivity contribution in [2.24, 2.45) is 0 Å². The van der Waals surface area contributed by atoms with Crippen molar-refractivity contribution in [3.63, 3.8) is 0 Å². The van der Waals surface area contributed by atoms with E-state index in [0.29, 0.717) is 24.3 Å². The average Bonchev–Trinajstić information content (AvgIpc) is 3.43. The number of carbonyl (C=O) groups excluding carboxylic acids is 2. The number of aryl methyl sites for hydroxylation is 1. The Bertz CT molecular complexity index is 1120. The van der Waals surface area contributed by atoms with E-state index < -0.39 is 0 Å². The quantitative estimate of drug-likeness (QED) is 0.565. The minimum atomic E-state index is -0.237. The zero-order valence-corrected chi connectivity index (χ0v) is 17.8. The van der Waals surface area contributed by atoms with Gasteiger partial charge in [0, 0.05) is 47.9 Å². The molecule has 3 heterocycles. The minimum Gasteiger partial charge on any atom is -0.395 e. The fraction of sp³-hybridized carbons (Fsp3) is 0.391. The molecule has 1 atom stereocenters. The van der Waals surface area contributed by atoms with Gasteiger partial charge in [0.1, 0.15) is 0 Å². The van der Waals surface area contributed by atoms with Crippen molar-refractivity contribution in [3.8, 4) is 0 Å². The zero-order valence-electron chi connectivity index (χ0n) is 17.8. The van der Waals surface area contributed by atoms with Crippen molar-refractivity contribution < 1.29 is 14.7 Å². The number of pyridine rings is 1. The van der Waals surface area contributed by atoms with Gasteiger partial charge in [-0.05, 0) is 31.9 Å². The van der Waals surface area contributed by atoms with Crippen molar-refractivity contribution in [2.45, 2.75) is 32.6 Å². The molecule has 0 saturated carbocycles. The molecule has 0 spiro atoms. The topological polar surface area (TPSA) is 111 Å². The van der Waals surface area contributed by atoms with Crippen LogP contribution in [0.3, 0.4) is 0 Å². The van der Waals surface area contributed by atoms with Gasteiger partial charge in [-0.2, -0.15) is 5.10 Å². The Morgan fingerprint density at radius 2 is 2.13 bits per heavy atom. The molecule has 0 bridgehead atoms. The summed E-state index contributed by atoms with van der Waals surface area (Å²) in [6, 6.07) is 9.35. The number of aliphatic hydroxyl groups is 1. The van der Waals surface area contributed by atoms with E-state index in [4.69, 9.17) is 10.1 Å². The molecule has 162 valence electrons. The van der Waals surface area contributed by atoms with Crippen molar-refractivity contribution in [1.82, 2.24) is 25.4 Å². The maximum atomic E-state index is 13.0. The average molecular weight is 422 g/mol. The van der Waals surface area contributed by atoms with Crippen LogP contribution in [0, 0.1) is 6.92 Å². The van der Waals surface area contributed by atoms with Crippen LogP contribution in [0.25, 0.3) is 10.9 Å². The minimum absolute atomic E-state index is 0.0443. The lowest BCUT2D eigenvalue weighted by Gasteiger charge is -2.17. The van der Waals surface area contributed by atoms with Crippen molar-refractivity contribution >= 4 is 22.7 Å². The third kappa shape index (κ3) is 4.03. The van der Waals surface area contributed by atoms with Gasteiger partial charge in [-0.15, -0.1) is 0 Å². The molecule has 2 amide bonds. The summed E-state index contributed by atoms with van der Waals surface area (Å²) in [4.78, 5) is 32.3. The molecule has 0 radical (unpaired) electrons. The van der Waals surface area contributed by atoms with E-state index in [-0.39, 0.29) is 30.9 Å². The predicted molar refractivity (Wildman–Crippen MR) is 117 cm³/mol. The van der Waals surface area contributed by atoms with Gasteiger partial charge in [0.2, 0.25) is 0 Å². The Morgan fingerprint density at radius 1 is 1.32 bits per heavy atom. The van der Waals surface area contributed by atoms with Gasteiger partial charge in [0.15, 0.2) is 5.69 Å². The first-order chi connectivity index (χ1) is 15.0. The number of nitrogens with one attached hydrogen (secondary N) is 2. The molecule has 4 rings (SSSR count). The molecular weight excluding hydrogens is 394 g/mol. The Morgan fingerprint density at radius 3 is 2.87 bits per heavy atom. The second-order valence-corrected chi connectivity index (χ2v) is 7.86. The maximum Gasteiger partial charge on any atom is 0.274 e. The molecule has 1 fully saturated rings. The number of hydrogen-bond donors (Lipinski definition) is 3. The number of amides is 2. The van der Waals surface area contributed by atoms with Crippen LogP contribution >= 0.6 is 0 Å². The zero-order chi connectivity index (χ0) is 22.0. The summed E-state index contributed by atoms with van der Waals surface area (Å²) in [7, 11) is 0. The molecule has 1 aliphatic rings. The monoisotopic (exact) mass is 421 g/mol. The number of carbonyl (C=O) groups is 2. The van der Waals surface area contributed by atoms with E-state index in [9.17, 15) is 9.59 Å². The van der Waals surface area contributed by atoms with Crippen molar-refractivity contribution in [1.29, 1.82) is 0 Å². The van der Waals surface area contributed by atoms with Crippen LogP contribution in [0.15, 0.2) is 30.3 Å². The van der Waals surface area contributed by atoms with Crippen LogP contribution in [-0.4, -0.2) is 63.2 Å². The van der Waals surface area contributed by atoms with E-state index in [2.05, 4.69) is 15.5 Å². The Labute approximate surface area is 180 Å². The Kier molecular flexibility index (Phi) is 5.99. The summed E-state index contributed by atoms with van der Waals surface area (Å²) < 4.78 is 0. The van der Waals surface area contributed by atoms with E-state index in [0.717, 1.165) is 40.7 Å². The molecule has 3 N–H and O–H groups in total. The maximum absolute atomic E-state index is 13.0. The highest BCUT2D eigenvalue weighted by Gasteiger charge is 2.31. The number of fused-ring (bicyclic) bond motifs is 1. The second kappa shape index (κ2) is 8.85. The number of nitrogens with zero attached hydrogens (tertiary/aromatic N) is 3. The first kappa shape index (κ1) is 21.0. The fourth-order valence-electron chi connectivity index (χ4n) is 4.18. The molecule has 1 unspecified atom stereocenters. The van der Waals surface area contributed by atoms with E-state index in [1.165, 1.54) is 0 Å². The lowest BCUT2D eigenvalue weighted by molar-refractivity contribution is 0.0783. The van der Waals surface area contributed by atoms with E-state index in [1.54, 1.807) is 0 Å². The number of likely N-dealkylation sites (tertiary alicyclic amines) is 1. The molecule has 3 aromatic rings. The number of benzene rings is 1. The van der Waals surface area contributed by atoms with Crippen LogP contribution in [-0.2, 0) is 6.42 Å². The van der Waals surface area contributed by atoms with Crippen LogP contribution in [0.2, 0.25) is 0 Å². The van der Waals surface area contributed by atoms with E-state index >= 15 is 0 Å². The van der Waals surface area contributed by atoms with Gasteiger partial charge >= 0.3 is 0 Å². The highest BCUT2D eigenvalue weighted by Crippen LogP contribution is 2.30. The molecular formula is C23H27N5O3. The van der Waals surface area contributed by atoms with Gasteiger partial charge in [0.05, 0.1) is 17.7 Å². The third-order valence-corrected chi connectivity index (χ3v) is 5.94. The molecule has 1 aromatic carbocycles. The predicted octanol–water partition coefficient (Wildman–Crippen LogP) is 2.18. The highest BCUT2D eigenvalue weighted by atomic mass is 16.3. The molecule has 0 aliphatic carbocycles.